The van der Waals surface area contributed by atoms with Crippen LogP contribution in [0.3, 0.4) is 0 Å². The van der Waals surface area contributed by atoms with Gasteiger partial charge in [0.25, 0.3) is 0 Å². The normalized spacial score (nSPS) is 11.1. The highest BCUT2D eigenvalue weighted by Gasteiger charge is 2.14. The van der Waals surface area contributed by atoms with Crippen LogP contribution in [0.1, 0.15) is 23.2 Å². The molecule has 36 heavy (non-hydrogen) atoms. The molecule has 0 aliphatic rings. The highest BCUT2D eigenvalue weighted by molar-refractivity contribution is 7.99. The number of fused-ring (bicyclic) bond motifs is 1. The number of thioether (sulfide) groups is 1. The number of tetrazole rings is 1. The number of nitrogens with one attached hydrogen (secondary N) is 1. The van der Waals surface area contributed by atoms with Crippen LogP contribution in [-0.2, 0) is 13.1 Å². The summed E-state index contributed by atoms with van der Waals surface area (Å²) >= 11 is 8.13. The quantitative estimate of drug-likeness (QED) is 0.166. The smallest absolute Gasteiger partial charge is 0.214 e. The molecule has 3 aromatic carbocycles. The molecular formula is C27H28Cl2N6S. The van der Waals surface area contributed by atoms with Crippen molar-refractivity contribution in [3.8, 4) is 5.69 Å². The SMILES string of the molecule is Cc1c(CNCCCSc2nnnn2-c2ccccc2)c2ccccc2n1Cc1ccccc1Cl.Cl. The molecule has 2 heterocycles. The number of benzene rings is 3. The third-order valence-electron chi connectivity index (χ3n) is 6.12. The second kappa shape index (κ2) is 12.4. The summed E-state index contributed by atoms with van der Waals surface area (Å²) in [5.41, 5.74) is 5.96. The summed E-state index contributed by atoms with van der Waals surface area (Å²) in [4.78, 5) is 0. The van der Waals surface area contributed by atoms with E-state index in [2.05, 4.69) is 62.7 Å². The van der Waals surface area contributed by atoms with Crippen LogP contribution in [0, 0.1) is 6.92 Å². The van der Waals surface area contributed by atoms with Crippen LogP contribution in [0.15, 0.2) is 84.0 Å². The molecule has 0 aliphatic heterocycles. The van der Waals surface area contributed by atoms with E-state index >= 15 is 0 Å². The second-order valence-corrected chi connectivity index (χ2v) is 9.82. The van der Waals surface area contributed by atoms with Gasteiger partial charge >= 0.3 is 0 Å². The lowest BCUT2D eigenvalue weighted by Gasteiger charge is -2.11. The van der Waals surface area contributed by atoms with Gasteiger partial charge in [0, 0.05) is 40.5 Å². The van der Waals surface area contributed by atoms with Crippen LogP contribution >= 0.6 is 35.8 Å². The fourth-order valence-electron chi connectivity index (χ4n) is 4.30. The lowest BCUT2D eigenvalue weighted by Crippen LogP contribution is -2.16. The van der Waals surface area contributed by atoms with E-state index in [1.165, 1.54) is 22.2 Å². The molecule has 0 radical (unpaired) electrons. The lowest BCUT2D eigenvalue weighted by molar-refractivity contribution is 0.672. The highest BCUT2D eigenvalue weighted by atomic mass is 35.5. The second-order valence-electron chi connectivity index (χ2n) is 8.35. The summed E-state index contributed by atoms with van der Waals surface area (Å²) in [6.45, 7) is 4.71. The summed E-state index contributed by atoms with van der Waals surface area (Å²) < 4.78 is 4.15. The van der Waals surface area contributed by atoms with Crippen molar-refractivity contribution in [3.63, 3.8) is 0 Å². The van der Waals surface area contributed by atoms with Gasteiger partial charge in [0.1, 0.15) is 0 Å². The maximum absolute atomic E-state index is 6.46. The van der Waals surface area contributed by atoms with Crippen molar-refractivity contribution in [3.05, 3.63) is 101 Å². The molecule has 186 valence electrons. The molecule has 5 rings (SSSR count). The van der Waals surface area contributed by atoms with E-state index in [0.717, 1.165) is 53.2 Å². The van der Waals surface area contributed by atoms with Gasteiger partial charge in [-0.25, -0.2) is 0 Å². The Morgan fingerprint density at radius 3 is 2.53 bits per heavy atom. The van der Waals surface area contributed by atoms with E-state index in [9.17, 15) is 0 Å². The fraction of sp³-hybridized carbons (Fsp3) is 0.222. The van der Waals surface area contributed by atoms with Crippen molar-refractivity contribution < 1.29 is 0 Å². The summed E-state index contributed by atoms with van der Waals surface area (Å²) in [5, 5.41) is 18.7. The Morgan fingerprint density at radius 1 is 0.944 bits per heavy atom. The highest BCUT2D eigenvalue weighted by Crippen LogP contribution is 2.28. The monoisotopic (exact) mass is 538 g/mol. The molecule has 0 spiro atoms. The molecular weight excluding hydrogens is 511 g/mol. The standard InChI is InChI=1S/C27H27ClN6S.ClH/c1-20-24(23-13-6-8-15-26(23)33(20)19-21-10-5-7-14-25(21)28)18-29-16-9-17-35-27-30-31-32-34(27)22-11-3-2-4-12-22;/h2-8,10-15,29H,9,16-19H2,1H3;1H. The zero-order valence-corrected chi connectivity index (χ0v) is 22.4. The number of halogens is 2. The van der Waals surface area contributed by atoms with E-state index in [1.807, 2.05) is 48.5 Å². The van der Waals surface area contributed by atoms with Crippen molar-refractivity contribution in [2.45, 2.75) is 31.6 Å². The maximum atomic E-state index is 6.46. The Bertz CT molecular complexity index is 1420. The fourth-order valence-corrected chi connectivity index (χ4v) is 5.33. The number of hydrogen-bond acceptors (Lipinski definition) is 5. The van der Waals surface area contributed by atoms with E-state index in [0.29, 0.717) is 0 Å². The molecule has 2 aromatic heterocycles. The van der Waals surface area contributed by atoms with Crippen LogP contribution in [0.2, 0.25) is 5.02 Å². The minimum Gasteiger partial charge on any atom is -0.340 e. The summed E-state index contributed by atoms with van der Waals surface area (Å²) in [6, 6.07) is 26.7. The van der Waals surface area contributed by atoms with Gasteiger partial charge in [0.05, 0.1) is 5.69 Å². The van der Waals surface area contributed by atoms with Crippen LogP contribution in [-0.4, -0.2) is 37.1 Å². The number of hydrogen-bond donors (Lipinski definition) is 1. The first-order valence-corrected chi connectivity index (χ1v) is 13.1. The number of rotatable bonds is 10. The number of para-hydroxylation sites is 2. The van der Waals surface area contributed by atoms with E-state index in [1.54, 1.807) is 16.4 Å². The summed E-state index contributed by atoms with van der Waals surface area (Å²) in [7, 11) is 0. The van der Waals surface area contributed by atoms with Crippen LogP contribution in [0.5, 0.6) is 0 Å². The molecule has 0 amide bonds. The van der Waals surface area contributed by atoms with Gasteiger partial charge in [-0.2, -0.15) is 4.68 Å². The molecule has 0 aliphatic carbocycles. The van der Waals surface area contributed by atoms with Crippen molar-refractivity contribution in [2.24, 2.45) is 0 Å². The first-order chi connectivity index (χ1) is 17.2. The van der Waals surface area contributed by atoms with Crippen LogP contribution in [0.25, 0.3) is 16.6 Å². The molecule has 9 heteroatoms. The van der Waals surface area contributed by atoms with Crippen molar-refractivity contribution in [1.29, 1.82) is 0 Å². The first kappa shape index (κ1) is 26.2. The molecule has 0 unspecified atom stereocenters. The Morgan fingerprint density at radius 2 is 1.69 bits per heavy atom. The molecule has 0 saturated carbocycles. The van der Waals surface area contributed by atoms with E-state index < -0.39 is 0 Å². The Labute approximate surface area is 226 Å². The zero-order chi connectivity index (χ0) is 24.0. The zero-order valence-electron chi connectivity index (χ0n) is 20.0. The average Bonchev–Trinajstić information content (AvgIpc) is 3.46. The van der Waals surface area contributed by atoms with Crippen LogP contribution < -0.4 is 5.32 Å². The molecule has 0 saturated heterocycles. The van der Waals surface area contributed by atoms with Gasteiger partial charge in [-0.05, 0) is 65.7 Å². The van der Waals surface area contributed by atoms with E-state index in [4.69, 9.17) is 11.6 Å². The molecule has 6 nitrogen and oxygen atoms in total. The Kier molecular flexibility index (Phi) is 9.04. The predicted octanol–water partition coefficient (Wildman–Crippen LogP) is 6.32. The first-order valence-electron chi connectivity index (χ1n) is 11.7. The van der Waals surface area contributed by atoms with Gasteiger partial charge < -0.3 is 9.88 Å². The lowest BCUT2D eigenvalue weighted by atomic mass is 10.1. The minimum atomic E-state index is 0. The summed E-state index contributed by atoms with van der Waals surface area (Å²) in [5.74, 6) is 0.938. The molecule has 1 N–H and O–H groups in total. The van der Waals surface area contributed by atoms with Crippen molar-refractivity contribution >= 4 is 46.7 Å². The average molecular weight is 540 g/mol. The largest absolute Gasteiger partial charge is 0.340 e. The van der Waals surface area contributed by atoms with Gasteiger partial charge in [0.15, 0.2) is 0 Å². The van der Waals surface area contributed by atoms with Gasteiger partial charge in [-0.15, -0.1) is 17.5 Å². The number of aromatic nitrogens is 5. The van der Waals surface area contributed by atoms with Crippen molar-refractivity contribution in [1.82, 2.24) is 30.1 Å². The Balaban J connectivity index is 0.00000304. The topological polar surface area (TPSA) is 60.6 Å². The molecule has 5 aromatic rings. The molecule has 0 bridgehead atoms. The van der Waals surface area contributed by atoms with Gasteiger partial charge in [0.2, 0.25) is 5.16 Å². The molecule has 0 fully saturated rings. The number of nitrogens with zero attached hydrogens (tertiary/aromatic N) is 5. The van der Waals surface area contributed by atoms with Gasteiger partial charge in [-0.1, -0.05) is 78.0 Å². The van der Waals surface area contributed by atoms with Crippen molar-refractivity contribution in [2.75, 3.05) is 12.3 Å². The van der Waals surface area contributed by atoms with E-state index in [-0.39, 0.29) is 12.4 Å². The Hall–Kier alpha value is -2.84. The summed E-state index contributed by atoms with van der Waals surface area (Å²) in [6.07, 6.45) is 1.02. The third-order valence-corrected chi connectivity index (χ3v) is 7.49. The molecule has 0 atom stereocenters. The minimum absolute atomic E-state index is 0. The maximum Gasteiger partial charge on any atom is 0.214 e. The van der Waals surface area contributed by atoms with Crippen LogP contribution in [0.4, 0.5) is 0 Å². The van der Waals surface area contributed by atoms with Gasteiger partial charge in [-0.3, -0.25) is 0 Å². The predicted molar refractivity (Wildman–Crippen MR) is 151 cm³/mol. The third kappa shape index (κ3) is 5.76.